The summed E-state index contributed by atoms with van der Waals surface area (Å²) in [5.74, 6) is 0.0348. The lowest BCUT2D eigenvalue weighted by Crippen LogP contribution is -2.05. The van der Waals surface area contributed by atoms with Gasteiger partial charge in [0, 0.05) is 6.42 Å². The second-order valence-corrected chi connectivity index (χ2v) is 32.7. The van der Waals surface area contributed by atoms with Crippen molar-refractivity contribution in [3.8, 4) is 0 Å². The van der Waals surface area contributed by atoms with E-state index in [2.05, 4.69) is 27.7 Å². The van der Waals surface area contributed by atoms with Crippen molar-refractivity contribution in [2.75, 3.05) is 6.61 Å². The van der Waals surface area contributed by atoms with Crippen molar-refractivity contribution in [3.63, 3.8) is 0 Å². The maximum atomic E-state index is 12.1. The molecule has 2 nitrogen and oxygen atoms in total. The van der Waals surface area contributed by atoms with Gasteiger partial charge in [-0.3, -0.25) is 4.79 Å². The highest BCUT2D eigenvalue weighted by atomic mass is 16.5. The van der Waals surface area contributed by atoms with Crippen molar-refractivity contribution in [1.29, 1.82) is 0 Å². The van der Waals surface area contributed by atoms with Gasteiger partial charge in [0.25, 0.3) is 0 Å². The minimum Gasteiger partial charge on any atom is -0.466 e. The van der Waals surface area contributed by atoms with E-state index in [1.165, 1.54) is 552 Å². The number of carbonyl (C=O) groups is 1. The molecule has 584 valence electrons. The third kappa shape index (κ3) is 99.7. The average Bonchev–Trinajstić information content (AvgIpc) is 3.64. The number of hydrogen-bond donors (Lipinski definition) is 0. The smallest absolute Gasteiger partial charge is 0.305 e. The van der Waals surface area contributed by atoms with E-state index in [4.69, 9.17) is 4.74 Å². The summed E-state index contributed by atoms with van der Waals surface area (Å²) in [5, 5.41) is 0. The van der Waals surface area contributed by atoms with Crippen LogP contribution in [0.4, 0.5) is 0 Å². The Morgan fingerprint density at radius 2 is 0.227 bits per heavy atom. The maximum Gasteiger partial charge on any atom is 0.305 e. The van der Waals surface area contributed by atoms with Gasteiger partial charge in [-0.05, 0) is 12.8 Å². The van der Waals surface area contributed by atoms with Gasteiger partial charge in [0.1, 0.15) is 0 Å². The van der Waals surface area contributed by atoms with Crippen LogP contribution in [0.1, 0.15) is 599 Å². The van der Waals surface area contributed by atoms with E-state index in [0.717, 1.165) is 12.8 Å². The van der Waals surface area contributed by atoms with E-state index < -0.39 is 0 Å². The fourth-order valence-electron chi connectivity index (χ4n) is 15.4. The molecular weight excluding hydrogens is 1170 g/mol. The van der Waals surface area contributed by atoms with Gasteiger partial charge < -0.3 is 4.74 Å². The maximum absolute atomic E-state index is 12.1. The first-order valence-electron chi connectivity index (χ1n) is 47.4. The van der Waals surface area contributed by atoms with Crippen LogP contribution in [-0.4, -0.2) is 12.6 Å². The van der Waals surface area contributed by atoms with E-state index in [-0.39, 0.29) is 5.97 Å². The zero-order valence-corrected chi connectivity index (χ0v) is 69.0. The topological polar surface area (TPSA) is 26.3 Å². The van der Waals surface area contributed by atoms with Crippen molar-refractivity contribution in [2.24, 2.45) is 0 Å². The molecule has 0 aliphatic heterocycles. The van der Waals surface area contributed by atoms with Gasteiger partial charge in [0.05, 0.1) is 6.61 Å². The highest BCUT2D eigenvalue weighted by molar-refractivity contribution is 5.69. The molecule has 0 saturated carbocycles. The standard InChI is InChI=1S/C57H114O2.C38H78/c1-3-5-7-9-11-13-15-17-19-21-22-23-24-25-26-27-28-29-30-31-32-33-34-35-36-37-38-39-41-43-45-47-49-51-53-55-57(58)59-56-54-52-50-48-46-44-42-40-20-18-16-14-12-10-8-6-4-2;1-3-5-7-9-11-13-15-17-19-21-23-25-27-29-31-33-35-37-38-36-34-32-30-28-26-24-22-20-18-16-14-12-10-8-6-4-2/h3-56H2,1-2H3;3-38H2,1-2H3. The summed E-state index contributed by atoms with van der Waals surface area (Å²) in [6.45, 7) is 9.86. The zero-order chi connectivity index (χ0) is 69.9. The molecule has 0 aromatic rings. The minimum absolute atomic E-state index is 0.0348. The predicted molar refractivity (Wildman–Crippen MR) is 445 cm³/mol. The first-order chi connectivity index (χ1) is 48.2. The van der Waals surface area contributed by atoms with Crippen molar-refractivity contribution in [2.45, 2.75) is 599 Å². The van der Waals surface area contributed by atoms with E-state index >= 15 is 0 Å². The summed E-state index contributed by atoms with van der Waals surface area (Å²) in [7, 11) is 0. The van der Waals surface area contributed by atoms with E-state index in [1.807, 2.05) is 0 Å². The van der Waals surface area contributed by atoms with Crippen LogP contribution in [0.25, 0.3) is 0 Å². The third-order valence-electron chi connectivity index (χ3n) is 22.5. The Morgan fingerprint density at radius 3 is 0.340 bits per heavy atom. The summed E-state index contributed by atoms with van der Waals surface area (Å²) in [6.07, 6.45) is 128. The van der Waals surface area contributed by atoms with Crippen molar-refractivity contribution in [3.05, 3.63) is 0 Å². The average molecular weight is 1370 g/mol. The molecule has 0 N–H and O–H groups in total. The van der Waals surface area contributed by atoms with Crippen LogP contribution in [0, 0.1) is 0 Å². The van der Waals surface area contributed by atoms with Gasteiger partial charge in [-0.25, -0.2) is 0 Å². The molecule has 0 spiro atoms. The van der Waals surface area contributed by atoms with Gasteiger partial charge >= 0.3 is 5.97 Å². The molecule has 97 heavy (non-hydrogen) atoms. The first kappa shape index (κ1) is 98.5. The van der Waals surface area contributed by atoms with Crippen molar-refractivity contribution < 1.29 is 9.53 Å². The van der Waals surface area contributed by atoms with Crippen LogP contribution in [0.3, 0.4) is 0 Å². The lowest BCUT2D eigenvalue weighted by atomic mass is 10.0. The molecule has 0 amide bonds. The summed E-state index contributed by atoms with van der Waals surface area (Å²) in [5.41, 5.74) is 0. The lowest BCUT2D eigenvalue weighted by molar-refractivity contribution is -0.143. The van der Waals surface area contributed by atoms with Crippen LogP contribution < -0.4 is 0 Å². The van der Waals surface area contributed by atoms with Gasteiger partial charge in [-0.2, -0.15) is 0 Å². The number of unbranched alkanes of at least 4 members (excludes halogenated alkanes) is 85. The molecule has 0 radical (unpaired) electrons. The summed E-state index contributed by atoms with van der Waals surface area (Å²) in [4.78, 5) is 12.1. The molecule has 0 aromatic carbocycles. The van der Waals surface area contributed by atoms with Crippen LogP contribution in [0.5, 0.6) is 0 Å². The molecule has 0 aliphatic carbocycles. The predicted octanol–water partition coefficient (Wildman–Crippen LogP) is 36.3. The first-order valence-corrected chi connectivity index (χ1v) is 47.4. The second kappa shape index (κ2) is 97.5. The Labute approximate surface area is 617 Å². The molecule has 0 atom stereocenters. The van der Waals surface area contributed by atoms with Crippen LogP contribution in [-0.2, 0) is 9.53 Å². The fourth-order valence-corrected chi connectivity index (χ4v) is 15.4. The Hall–Kier alpha value is -0.530. The number of carbonyl (C=O) groups excluding carboxylic acids is 1. The number of rotatable bonds is 89. The molecule has 0 unspecified atom stereocenters. The summed E-state index contributed by atoms with van der Waals surface area (Å²) >= 11 is 0. The van der Waals surface area contributed by atoms with Gasteiger partial charge in [-0.1, -0.05) is 580 Å². The molecule has 0 aliphatic rings. The Bertz CT molecular complexity index is 1250. The molecule has 2 heteroatoms. The SMILES string of the molecule is CCCCCCCCCCCCCCCCCCCCCCCCCCCCCCCCCCCCCC.CCCCCCCCCCCCCCCCCCCCCCCCCCCCCCCCCCCCCC(=O)OCCCCCCCCCCCCCCCCCCC. The molecule has 0 saturated heterocycles. The minimum atomic E-state index is 0.0348. The van der Waals surface area contributed by atoms with Crippen molar-refractivity contribution >= 4 is 5.97 Å². The molecule has 0 fully saturated rings. The summed E-state index contributed by atoms with van der Waals surface area (Å²) < 4.78 is 5.50. The lowest BCUT2D eigenvalue weighted by Gasteiger charge is -2.06. The molecule has 0 aromatic heterocycles. The molecule has 0 rings (SSSR count). The van der Waals surface area contributed by atoms with E-state index in [0.29, 0.717) is 13.0 Å². The second-order valence-electron chi connectivity index (χ2n) is 32.7. The largest absolute Gasteiger partial charge is 0.466 e. The van der Waals surface area contributed by atoms with Gasteiger partial charge in [0.15, 0.2) is 0 Å². The monoisotopic (exact) mass is 1370 g/mol. The Balaban J connectivity index is 0. The fraction of sp³-hybridized carbons (Fsp3) is 0.989. The molecular formula is C95H192O2. The van der Waals surface area contributed by atoms with Crippen LogP contribution >= 0.6 is 0 Å². The Kier molecular flexibility index (Phi) is 99.1. The zero-order valence-electron chi connectivity index (χ0n) is 69.0. The van der Waals surface area contributed by atoms with E-state index in [9.17, 15) is 4.79 Å². The quantitative estimate of drug-likeness (QED) is 0.0448. The third-order valence-corrected chi connectivity index (χ3v) is 22.5. The normalized spacial score (nSPS) is 11.5. The van der Waals surface area contributed by atoms with E-state index in [1.54, 1.807) is 0 Å². The van der Waals surface area contributed by atoms with Crippen LogP contribution in [0.2, 0.25) is 0 Å². The van der Waals surface area contributed by atoms with Crippen molar-refractivity contribution in [1.82, 2.24) is 0 Å². The highest BCUT2D eigenvalue weighted by Gasteiger charge is 2.05. The summed E-state index contributed by atoms with van der Waals surface area (Å²) in [6, 6.07) is 0. The number of esters is 1. The molecule has 0 heterocycles. The highest BCUT2D eigenvalue weighted by Crippen LogP contribution is 2.22. The Morgan fingerprint density at radius 1 is 0.134 bits per heavy atom. The van der Waals surface area contributed by atoms with Crippen LogP contribution in [0.15, 0.2) is 0 Å². The number of hydrogen-bond acceptors (Lipinski definition) is 2. The van der Waals surface area contributed by atoms with Gasteiger partial charge in [-0.15, -0.1) is 0 Å². The van der Waals surface area contributed by atoms with Gasteiger partial charge in [0.2, 0.25) is 0 Å². The number of ether oxygens (including phenoxy) is 1. The molecule has 0 bridgehead atoms.